The lowest BCUT2D eigenvalue weighted by Crippen LogP contribution is -2.37. The third-order valence-corrected chi connectivity index (χ3v) is 4.55. The molecule has 0 aliphatic carbocycles. The molecule has 1 heterocycles. The molecule has 0 spiro atoms. The normalized spacial score (nSPS) is 11.5. The first kappa shape index (κ1) is 17.7. The van der Waals surface area contributed by atoms with Crippen LogP contribution in [0.4, 0.5) is 0 Å². The van der Waals surface area contributed by atoms with E-state index in [0.29, 0.717) is 23.1 Å². The second kappa shape index (κ2) is 6.63. The Morgan fingerprint density at radius 1 is 1.00 bits per heavy atom. The number of carbonyl (C=O) groups excluding carboxylic acids is 1. The molecule has 0 saturated heterocycles. The number of aromatic nitrogens is 2. The zero-order valence-electron chi connectivity index (χ0n) is 15.0. The number of hydrogen-bond donors (Lipinski definition) is 3. The monoisotopic (exact) mass is 351 g/mol. The number of nitrogens with one attached hydrogen (secondary N) is 3. The first-order valence-electron chi connectivity index (χ1n) is 8.38. The standard InChI is InChI=1S/C20H21N3O3/c1-12-6-4-5-7-14(12)20(2,3)11-21-17(24)13-8-9-15-16(10-13)23-19(26)18(25)22-15/h4-10H,11H2,1-3H3,(H,21,24)(H,22,25)(H,23,26). The fraction of sp³-hybridized carbons (Fsp3) is 0.250. The number of aryl methyl sites for hydroxylation is 1. The number of hydrogen-bond acceptors (Lipinski definition) is 3. The first-order valence-corrected chi connectivity index (χ1v) is 8.38. The third kappa shape index (κ3) is 3.44. The molecule has 1 amide bonds. The molecule has 3 N–H and O–H groups in total. The van der Waals surface area contributed by atoms with Gasteiger partial charge in [0.15, 0.2) is 0 Å². The Labute approximate surface area is 150 Å². The van der Waals surface area contributed by atoms with E-state index in [2.05, 4.69) is 48.2 Å². The summed E-state index contributed by atoms with van der Waals surface area (Å²) in [5, 5.41) is 2.95. The second-order valence-corrected chi connectivity index (χ2v) is 7.05. The van der Waals surface area contributed by atoms with Gasteiger partial charge in [-0.3, -0.25) is 14.4 Å². The van der Waals surface area contributed by atoms with E-state index >= 15 is 0 Å². The van der Waals surface area contributed by atoms with Gasteiger partial charge in [-0.25, -0.2) is 0 Å². The molecule has 2 aromatic carbocycles. The van der Waals surface area contributed by atoms with Crippen LogP contribution < -0.4 is 16.4 Å². The van der Waals surface area contributed by atoms with E-state index in [1.54, 1.807) is 18.2 Å². The number of amides is 1. The summed E-state index contributed by atoms with van der Waals surface area (Å²) in [6.45, 7) is 6.69. The molecule has 0 atom stereocenters. The summed E-state index contributed by atoms with van der Waals surface area (Å²) in [6.07, 6.45) is 0. The molecule has 0 unspecified atom stereocenters. The molecule has 6 heteroatoms. The molecule has 3 rings (SSSR count). The van der Waals surface area contributed by atoms with Crippen LogP contribution >= 0.6 is 0 Å². The average molecular weight is 351 g/mol. The van der Waals surface area contributed by atoms with Gasteiger partial charge in [0.1, 0.15) is 0 Å². The molecular weight excluding hydrogens is 330 g/mol. The highest BCUT2D eigenvalue weighted by Crippen LogP contribution is 2.25. The average Bonchev–Trinajstić information content (AvgIpc) is 2.60. The van der Waals surface area contributed by atoms with Gasteiger partial charge >= 0.3 is 11.1 Å². The quantitative estimate of drug-likeness (QED) is 0.629. The van der Waals surface area contributed by atoms with Gasteiger partial charge in [-0.1, -0.05) is 38.1 Å². The van der Waals surface area contributed by atoms with E-state index < -0.39 is 11.1 Å². The highest BCUT2D eigenvalue weighted by molar-refractivity contribution is 5.97. The Morgan fingerprint density at radius 2 is 1.65 bits per heavy atom. The zero-order valence-corrected chi connectivity index (χ0v) is 15.0. The van der Waals surface area contributed by atoms with Crippen LogP contribution in [0.1, 0.15) is 35.3 Å². The summed E-state index contributed by atoms with van der Waals surface area (Å²) in [5.74, 6) is -0.236. The summed E-state index contributed by atoms with van der Waals surface area (Å²) in [5.41, 5.74) is 2.00. The van der Waals surface area contributed by atoms with Gasteiger partial charge in [0.25, 0.3) is 5.91 Å². The van der Waals surface area contributed by atoms with Crippen molar-refractivity contribution in [3.05, 3.63) is 79.9 Å². The Balaban J connectivity index is 1.81. The van der Waals surface area contributed by atoms with Crippen LogP contribution in [-0.4, -0.2) is 22.4 Å². The van der Waals surface area contributed by atoms with Gasteiger partial charge in [0, 0.05) is 17.5 Å². The topological polar surface area (TPSA) is 94.8 Å². The fourth-order valence-corrected chi connectivity index (χ4v) is 3.09. The van der Waals surface area contributed by atoms with E-state index in [-0.39, 0.29) is 11.3 Å². The van der Waals surface area contributed by atoms with E-state index in [4.69, 9.17) is 0 Å². The van der Waals surface area contributed by atoms with Crippen molar-refractivity contribution in [3.63, 3.8) is 0 Å². The molecular formula is C20H21N3O3. The lowest BCUT2D eigenvalue weighted by molar-refractivity contribution is 0.0945. The van der Waals surface area contributed by atoms with Gasteiger partial charge in [-0.05, 0) is 36.2 Å². The lowest BCUT2D eigenvalue weighted by atomic mass is 9.82. The molecule has 3 aromatic rings. The Hall–Kier alpha value is -3.15. The summed E-state index contributed by atoms with van der Waals surface area (Å²) in [4.78, 5) is 40.3. The molecule has 6 nitrogen and oxygen atoms in total. The van der Waals surface area contributed by atoms with Gasteiger partial charge in [-0.15, -0.1) is 0 Å². The SMILES string of the molecule is Cc1ccccc1C(C)(C)CNC(=O)c1ccc2[nH]c(=O)c(=O)[nH]c2c1. The fourth-order valence-electron chi connectivity index (χ4n) is 3.09. The highest BCUT2D eigenvalue weighted by atomic mass is 16.2. The van der Waals surface area contributed by atoms with Crippen LogP contribution in [0.25, 0.3) is 11.0 Å². The molecule has 0 saturated carbocycles. The van der Waals surface area contributed by atoms with Crippen LogP contribution in [0.15, 0.2) is 52.1 Å². The summed E-state index contributed by atoms with van der Waals surface area (Å²) in [6, 6.07) is 12.9. The molecule has 134 valence electrons. The minimum absolute atomic E-state index is 0.225. The molecule has 0 fully saturated rings. The minimum Gasteiger partial charge on any atom is -0.351 e. The number of H-pyrrole nitrogens is 2. The molecule has 0 radical (unpaired) electrons. The van der Waals surface area contributed by atoms with Gasteiger partial charge in [0.05, 0.1) is 11.0 Å². The molecule has 0 aliphatic heterocycles. The van der Waals surface area contributed by atoms with Gasteiger partial charge in [-0.2, -0.15) is 0 Å². The minimum atomic E-state index is -0.740. The van der Waals surface area contributed by atoms with Crippen molar-refractivity contribution in [3.8, 4) is 0 Å². The molecule has 0 bridgehead atoms. The van der Waals surface area contributed by atoms with Gasteiger partial charge in [0.2, 0.25) is 0 Å². The summed E-state index contributed by atoms with van der Waals surface area (Å²) in [7, 11) is 0. The van der Waals surface area contributed by atoms with Crippen molar-refractivity contribution in [2.24, 2.45) is 0 Å². The largest absolute Gasteiger partial charge is 0.351 e. The predicted molar refractivity (Wildman–Crippen MR) is 102 cm³/mol. The number of carbonyl (C=O) groups is 1. The van der Waals surface area contributed by atoms with Crippen LogP contribution in [0.3, 0.4) is 0 Å². The van der Waals surface area contributed by atoms with E-state index in [1.807, 2.05) is 12.1 Å². The maximum atomic E-state index is 12.5. The highest BCUT2D eigenvalue weighted by Gasteiger charge is 2.23. The maximum Gasteiger partial charge on any atom is 0.314 e. The van der Waals surface area contributed by atoms with Crippen LogP contribution in [-0.2, 0) is 5.41 Å². The molecule has 1 aromatic heterocycles. The van der Waals surface area contributed by atoms with Crippen molar-refractivity contribution in [1.82, 2.24) is 15.3 Å². The Morgan fingerprint density at radius 3 is 2.35 bits per heavy atom. The number of fused-ring (bicyclic) bond motifs is 1. The van der Waals surface area contributed by atoms with Crippen LogP contribution in [0, 0.1) is 6.92 Å². The Kier molecular flexibility index (Phi) is 4.50. The van der Waals surface area contributed by atoms with Gasteiger partial charge < -0.3 is 15.3 Å². The number of aromatic amines is 2. The van der Waals surface area contributed by atoms with E-state index in [1.165, 1.54) is 11.1 Å². The predicted octanol–water partition coefficient (Wildman–Crippen LogP) is 2.23. The van der Waals surface area contributed by atoms with Crippen LogP contribution in [0.5, 0.6) is 0 Å². The number of benzene rings is 2. The second-order valence-electron chi connectivity index (χ2n) is 7.05. The lowest BCUT2D eigenvalue weighted by Gasteiger charge is -2.27. The number of rotatable bonds is 4. The summed E-state index contributed by atoms with van der Waals surface area (Å²) < 4.78 is 0. The third-order valence-electron chi connectivity index (χ3n) is 4.55. The van der Waals surface area contributed by atoms with Crippen molar-refractivity contribution in [2.75, 3.05) is 6.54 Å². The van der Waals surface area contributed by atoms with Crippen molar-refractivity contribution >= 4 is 16.9 Å². The first-order chi connectivity index (χ1) is 12.3. The van der Waals surface area contributed by atoms with Crippen molar-refractivity contribution < 1.29 is 4.79 Å². The maximum absolute atomic E-state index is 12.5. The van der Waals surface area contributed by atoms with Crippen molar-refractivity contribution in [2.45, 2.75) is 26.2 Å². The smallest absolute Gasteiger partial charge is 0.314 e. The zero-order chi connectivity index (χ0) is 18.9. The van der Waals surface area contributed by atoms with E-state index in [9.17, 15) is 14.4 Å². The molecule has 0 aliphatic rings. The Bertz CT molecular complexity index is 1090. The van der Waals surface area contributed by atoms with Crippen LogP contribution in [0.2, 0.25) is 0 Å². The van der Waals surface area contributed by atoms with E-state index in [0.717, 1.165) is 0 Å². The summed E-state index contributed by atoms with van der Waals surface area (Å²) >= 11 is 0. The van der Waals surface area contributed by atoms with Crippen molar-refractivity contribution in [1.29, 1.82) is 0 Å². The molecule has 26 heavy (non-hydrogen) atoms.